The van der Waals surface area contributed by atoms with Crippen LogP contribution < -0.4 is 10.6 Å². The summed E-state index contributed by atoms with van der Waals surface area (Å²) in [5, 5.41) is 17.8. The average molecular weight is 818 g/mol. The number of rotatable bonds is 20. The molecule has 12 nitrogen and oxygen atoms in total. The van der Waals surface area contributed by atoms with Crippen molar-refractivity contribution in [2.24, 2.45) is 17.8 Å². The van der Waals surface area contributed by atoms with Crippen molar-refractivity contribution in [2.45, 2.75) is 130 Å². The number of carboxylic acids is 1. The quantitative estimate of drug-likeness (QED) is 0.103. The number of amides is 3. The van der Waals surface area contributed by atoms with Gasteiger partial charge in [-0.25, -0.2) is 4.98 Å². The highest BCUT2D eigenvalue weighted by Crippen LogP contribution is 2.33. The SMILES string of the molecule is CC[C@H](C)[C@H](NC(=O)[C@H]1CCCCN1C)C(=O)N(Cc1ccc(C)cc1)[C@H](C[C@@H](OC(C)=O)c1nc(C(=O)N[C@@H](Cc2ccccc2)C[C@H](C)C(=O)O)cs1)C(C)C. The first-order chi connectivity index (χ1) is 27.6. The molecule has 2 heterocycles. The average Bonchev–Trinajstić information content (AvgIpc) is 3.69. The van der Waals surface area contributed by atoms with Crippen molar-refractivity contribution in [1.29, 1.82) is 0 Å². The third-order valence-electron chi connectivity index (χ3n) is 11.3. The molecule has 316 valence electrons. The zero-order valence-electron chi connectivity index (χ0n) is 35.4. The zero-order valence-corrected chi connectivity index (χ0v) is 36.2. The summed E-state index contributed by atoms with van der Waals surface area (Å²) in [4.78, 5) is 75.5. The van der Waals surface area contributed by atoms with Gasteiger partial charge in [0.1, 0.15) is 16.7 Å². The molecule has 0 bridgehead atoms. The number of hydrogen-bond acceptors (Lipinski definition) is 9. The number of likely N-dealkylation sites (tertiary alicyclic amines) is 1. The Morgan fingerprint density at radius 1 is 0.966 bits per heavy atom. The fraction of sp³-hybridized carbons (Fsp3) is 0.556. The van der Waals surface area contributed by atoms with Crippen LogP contribution in [-0.2, 0) is 36.9 Å². The van der Waals surface area contributed by atoms with E-state index in [1.807, 2.05) is 101 Å². The highest BCUT2D eigenvalue weighted by molar-refractivity contribution is 7.09. The standard InChI is InChI=1S/C45H63N5O7S/c1-9-30(5)40(48-42(53)37-17-13-14-22-49(37)8)44(54)50(26-34-20-18-29(4)19-21-34)38(28(2)3)25-39(57-32(7)51)43-47-36(27-58-43)41(52)46-35(23-31(6)45(55)56)24-33-15-11-10-12-16-33/h10-12,15-16,18-21,27-28,30-31,35,37-40H,9,13-14,17,22-26H2,1-8H3,(H,46,52)(H,48,53)(H,55,56)/t30-,31-,35+,37+,38+,39+,40-/m0/s1. The predicted octanol–water partition coefficient (Wildman–Crippen LogP) is 6.97. The van der Waals surface area contributed by atoms with E-state index in [0.717, 1.165) is 42.5 Å². The first-order valence-electron chi connectivity index (χ1n) is 20.6. The van der Waals surface area contributed by atoms with Crippen molar-refractivity contribution in [3.8, 4) is 0 Å². The maximum atomic E-state index is 15.0. The number of aryl methyl sites for hydroxylation is 1. The smallest absolute Gasteiger partial charge is 0.306 e. The molecular weight excluding hydrogens is 755 g/mol. The van der Waals surface area contributed by atoms with Crippen molar-refractivity contribution in [3.05, 3.63) is 87.4 Å². The van der Waals surface area contributed by atoms with Gasteiger partial charge in [-0.05, 0) is 69.2 Å². The number of nitrogens with zero attached hydrogens (tertiary/aromatic N) is 3. The third-order valence-corrected chi connectivity index (χ3v) is 12.2. The molecule has 1 aliphatic rings. The van der Waals surface area contributed by atoms with E-state index in [0.29, 0.717) is 17.8 Å². The minimum Gasteiger partial charge on any atom is -0.481 e. The number of aliphatic carboxylic acids is 1. The summed E-state index contributed by atoms with van der Waals surface area (Å²) in [5.74, 6) is -3.25. The molecule has 0 radical (unpaired) electrons. The Morgan fingerprint density at radius 3 is 2.26 bits per heavy atom. The number of nitrogens with one attached hydrogen (secondary N) is 2. The van der Waals surface area contributed by atoms with Crippen LogP contribution in [0.3, 0.4) is 0 Å². The Bertz CT molecular complexity index is 1820. The Balaban J connectivity index is 1.65. The molecule has 0 saturated carbocycles. The van der Waals surface area contributed by atoms with E-state index < -0.39 is 48.0 Å². The fourth-order valence-electron chi connectivity index (χ4n) is 7.56. The van der Waals surface area contributed by atoms with Gasteiger partial charge >= 0.3 is 11.9 Å². The Hall–Kier alpha value is -4.62. The maximum absolute atomic E-state index is 15.0. The first-order valence-corrected chi connectivity index (χ1v) is 21.5. The maximum Gasteiger partial charge on any atom is 0.306 e. The second-order valence-corrected chi connectivity index (χ2v) is 17.3. The number of piperidine rings is 1. The molecular formula is C45H63N5O7S. The van der Waals surface area contributed by atoms with Crippen LogP contribution >= 0.6 is 11.3 Å². The van der Waals surface area contributed by atoms with Crippen LogP contribution in [0, 0.1) is 24.7 Å². The molecule has 0 spiro atoms. The number of carbonyl (C=O) groups is 5. The van der Waals surface area contributed by atoms with E-state index in [9.17, 15) is 24.3 Å². The Morgan fingerprint density at radius 2 is 1.66 bits per heavy atom. The molecule has 3 N–H and O–H groups in total. The van der Waals surface area contributed by atoms with Gasteiger partial charge in [-0.2, -0.15) is 0 Å². The number of ether oxygens (including phenoxy) is 1. The lowest BCUT2D eigenvalue weighted by Crippen LogP contribution is -2.58. The molecule has 0 aliphatic carbocycles. The van der Waals surface area contributed by atoms with Crippen LogP contribution in [0.4, 0.5) is 0 Å². The van der Waals surface area contributed by atoms with Gasteiger partial charge in [0, 0.05) is 37.4 Å². The lowest BCUT2D eigenvalue weighted by molar-refractivity contribution is -0.150. The minimum atomic E-state index is -0.947. The highest BCUT2D eigenvalue weighted by atomic mass is 32.1. The van der Waals surface area contributed by atoms with E-state index in [1.54, 1.807) is 12.3 Å². The molecule has 3 amide bonds. The van der Waals surface area contributed by atoms with Gasteiger partial charge in [0.15, 0.2) is 6.10 Å². The molecule has 1 saturated heterocycles. The normalized spacial score (nSPS) is 17.6. The second kappa shape index (κ2) is 21.9. The van der Waals surface area contributed by atoms with Crippen LogP contribution in [0.1, 0.15) is 118 Å². The van der Waals surface area contributed by atoms with E-state index in [2.05, 4.69) is 20.5 Å². The van der Waals surface area contributed by atoms with Crippen LogP contribution in [0.25, 0.3) is 0 Å². The lowest BCUT2D eigenvalue weighted by atomic mass is 9.91. The summed E-state index contributed by atoms with van der Waals surface area (Å²) >= 11 is 1.19. The van der Waals surface area contributed by atoms with Gasteiger partial charge in [-0.3, -0.25) is 28.9 Å². The topological polar surface area (TPSA) is 158 Å². The van der Waals surface area contributed by atoms with Crippen molar-refractivity contribution >= 4 is 41.0 Å². The van der Waals surface area contributed by atoms with Gasteiger partial charge in [-0.1, -0.05) is 108 Å². The molecule has 1 aliphatic heterocycles. The van der Waals surface area contributed by atoms with Crippen molar-refractivity contribution in [3.63, 3.8) is 0 Å². The first kappa shape index (κ1) is 46.1. The van der Waals surface area contributed by atoms with E-state index >= 15 is 4.79 Å². The monoisotopic (exact) mass is 817 g/mol. The number of hydrogen-bond donors (Lipinski definition) is 3. The third kappa shape index (κ3) is 13.2. The van der Waals surface area contributed by atoms with Gasteiger partial charge in [0.2, 0.25) is 11.8 Å². The predicted molar refractivity (Wildman–Crippen MR) is 226 cm³/mol. The summed E-state index contributed by atoms with van der Waals surface area (Å²) in [6.45, 7) is 14.1. The Kier molecular flexibility index (Phi) is 17.4. The van der Waals surface area contributed by atoms with E-state index in [1.165, 1.54) is 18.3 Å². The molecule has 1 fully saturated rings. The summed E-state index contributed by atoms with van der Waals surface area (Å²) in [7, 11) is 1.95. The Labute approximate surface area is 348 Å². The highest BCUT2D eigenvalue weighted by Gasteiger charge is 2.39. The van der Waals surface area contributed by atoms with Gasteiger partial charge in [0.25, 0.3) is 5.91 Å². The number of benzene rings is 2. The van der Waals surface area contributed by atoms with Gasteiger partial charge in [-0.15, -0.1) is 11.3 Å². The van der Waals surface area contributed by atoms with Crippen molar-refractivity contribution in [2.75, 3.05) is 13.6 Å². The molecule has 0 unspecified atom stereocenters. The largest absolute Gasteiger partial charge is 0.481 e. The van der Waals surface area contributed by atoms with Crippen LogP contribution in [0.5, 0.6) is 0 Å². The van der Waals surface area contributed by atoms with Crippen LogP contribution in [0.15, 0.2) is 60.0 Å². The molecule has 3 aromatic rings. The number of carboxylic acid groups (broad SMARTS) is 1. The summed E-state index contributed by atoms with van der Waals surface area (Å²) in [5.41, 5.74) is 3.09. The van der Waals surface area contributed by atoms with Crippen LogP contribution in [-0.4, -0.2) is 87.3 Å². The second-order valence-electron chi connectivity index (χ2n) is 16.4. The molecule has 13 heteroatoms. The minimum absolute atomic E-state index is 0.108. The molecule has 58 heavy (non-hydrogen) atoms. The van der Waals surface area contributed by atoms with Gasteiger partial charge in [0.05, 0.1) is 12.0 Å². The lowest BCUT2D eigenvalue weighted by Gasteiger charge is -2.40. The van der Waals surface area contributed by atoms with Crippen LogP contribution in [0.2, 0.25) is 0 Å². The summed E-state index contributed by atoms with van der Waals surface area (Å²) in [6.07, 6.45) is 3.36. The van der Waals surface area contributed by atoms with Gasteiger partial charge < -0.3 is 25.4 Å². The number of thiazole rings is 1. The summed E-state index contributed by atoms with van der Waals surface area (Å²) < 4.78 is 5.93. The fourth-order valence-corrected chi connectivity index (χ4v) is 8.40. The molecule has 7 atom stereocenters. The molecule has 2 aromatic carbocycles. The summed E-state index contributed by atoms with van der Waals surface area (Å²) in [6, 6.07) is 15.5. The molecule has 4 rings (SSSR count). The number of likely N-dealkylation sites (N-methyl/N-ethyl adjacent to an activating group) is 1. The van der Waals surface area contributed by atoms with E-state index in [-0.39, 0.29) is 54.8 Å². The van der Waals surface area contributed by atoms with Crippen molar-refractivity contribution < 1.29 is 33.8 Å². The van der Waals surface area contributed by atoms with Crippen molar-refractivity contribution in [1.82, 2.24) is 25.4 Å². The number of carbonyl (C=O) groups excluding carboxylic acids is 4. The number of esters is 1. The molecule has 1 aromatic heterocycles. The zero-order chi connectivity index (χ0) is 42.5. The number of aromatic nitrogens is 1. The van der Waals surface area contributed by atoms with E-state index in [4.69, 9.17) is 4.74 Å².